The zero-order valence-corrected chi connectivity index (χ0v) is 16.7. The molecule has 0 saturated carbocycles. The Bertz CT molecular complexity index is 999. The van der Waals surface area contributed by atoms with Gasteiger partial charge in [0.05, 0.1) is 24.2 Å². The predicted octanol–water partition coefficient (Wildman–Crippen LogP) is 5.05. The van der Waals surface area contributed by atoms with Crippen LogP contribution in [0.15, 0.2) is 77.7 Å². The van der Waals surface area contributed by atoms with Crippen LogP contribution in [0.3, 0.4) is 0 Å². The van der Waals surface area contributed by atoms with Gasteiger partial charge >= 0.3 is 0 Å². The number of aryl methyl sites for hydroxylation is 1. The molecule has 0 fully saturated rings. The first kappa shape index (κ1) is 19.3. The van der Waals surface area contributed by atoms with Gasteiger partial charge in [0, 0.05) is 5.02 Å². The van der Waals surface area contributed by atoms with Gasteiger partial charge in [-0.3, -0.25) is 4.31 Å². The summed E-state index contributed by atoms with van der Waals surface area (Å²) in [4.78, 5) is 0.247. The van der Waals surface area contributed by atoms with Gasteiger partial charge in [-0.25, -0.2) is 8.42 Å². The van der Waals surface area contributed by atoms with E-state index in [1.165, 1.54) is 4.31 Å². The highest BCUT2D eigenvalue weighted by molar-refractivity contribution is 7.92. The van der Waals surface area contributed by atoms with Gasteiger partial charge in [0.1, 0.15) is 5.75 Å². The van der Waals surface area contributed by atoms with Crippen molar-refractivity contribution in [1.29, 1.82) is 0 Å². The molecule has 3 aromatic carbocycles. The van der Waals surface area contributed by atoms with Gasteiger partial charge in [-0.15, -0.1) is 0 Å². The second-order valence-corrected chi connectivity index (χ2v) is 8.45. The summed E-state index contributed by atoms with van der Waals surface area (Å²) in [7, 11) is -2.14. The van der Waals surface area contributed by atoms with Gasteiger partial charge in [0.2, 0.25) is 0 Å². The molecule has 0 saturated heterocycles. The molecule has 140 valence electrons. The number of benzene rings is 3. The SMILES string of the molecule is COc1ccc(CN(c2ccc(Cl)cc2)S(=O)(=O)c2ccc(C)cc2)cc1. The van der Waals surface area contributed by atoms with E-state index in [-0.39, 0.29) is 11.4 Å². The van der Waals surface area contributed by atoms with Crippen LogP contribution in [0.5, 0.6) is 5.75 Å². The second-order valence-electron chi connectivity index (χ2n) is 6.15. The Balaban J connectivity index is 2.03. The maximum atomic E-state index is 13.3. The van der Waals surface area contributed by atoms with E-state index in [2.05, 4.69) is 0 Å². The van der Waals surface area contributed by atoms with Crippen molar-refractivity contribution in [3.63, 3.8) is 0 Å². The molecule has 0 atom stereocenters. The molecule has 0 aliphatic heterocycles. The minimum absolute atomic E-state index is 0.196. The summed E-state index contributed by atoms with van der Waals surface area (Å²) in [6.07, 6.45) is 0. The number of methoxy groups -OCH3 is 1. The third-order valence-corrected chi connectivity index (χ3v) is 6.25. The van der Waals surface area contributed by atoms with Gasteiger partial charge in [-0.05, 0) is 61.0 Å². The highest BCUT2D eigenvalue weighted by Crippen LogP contribution is 2.28. The normalized spacial score (nSPS) is 11.2. The highest BCUT2D eigenvalue weighted by Gasteiger charge is 2.25. The Labute approximate surface area is 165 Å². The quantitative estimate of drug-likeness (QED) is 0.580. The summed E-state index contributed by atoms with van der Waals surface area (Å²) in [6.45, 7) is 2.12. The zero-order chi connectivity index (χ0) is 19.4. The lowest BCUT2D eigenvalue weighted by Gasteiger charge is -2.25. The summed E-state index contributed by atoms with van der Waals surface area (Å²) in [6, 6.07) is 20.9. The molecule has 0 aliphatic carbocycles. The lowest BCUT2D eigenvalue weighted by Crippen LogP contribution is -2.30. The molecular weight excluding hydrogens is 382 g/mol. The topological polar surface area (TPSA) is 46.6 Å². The molecule has 0 radical (unpaired) electrons. The fourth-order valence-corrected chi connectivity index (χ4v) is 4.24. The zero-order valence-electron chi connectivity index (χ0n) is 15.1. The van der Waals surface area contributed by atoms with Crippen molar-refractivity contribution in [1.82, 2.24) is 0 Å². The van der Waals surface area contributed by atoms with Crippen molar-refractivity contribution in [2.24, 2.45) is 0 Å². The molecule has 3 aromatic rings. The first-order valence-corrected chi connectivity index (χ1v) is 10.2. The fraction of sp³-hybridized carbons (Fsp3) is 0.143. The number of anilines is 1. The summed E-state index contributed by atoms with van der Waals surface area (Å²) >= 11 is 5.98. The van der Waals surface area contributed by atoms with E-state index in [0.29, 0.717) is 10.7 Å². The monoisotopic (exact) mass is 401 g/mol. The van der Waals surface area contributed by atoms with E-state index in [9.17, 15) is 8.42 Å². The number of hydrogen-bond donors (Lipinski definition) is 0. The van der Waals surface area contributed by atoms with Crippen LogP contribution in [0.1, 0.15) is 11.1 Å². The van der Waals surface area contributed by atoms with E-state index in [1.807, 2.05) is 31.2 Å². The van der Waals surface area contributed by atoms with Crippen molar-refractivity contribution in [3.8, 4) is 5.75 Å². The summed E-state index contributed by atoms with van der Waals surface area (Å²) < 4.78 is 33.2. The van der Waals surface area contributed by atoms with Crippen LogP contribution in [0, 0.1) is 6.92 Å². The average molecular weight is 402 g/mol. The molecule has 0 aliphatic rings. The Hall–Kier alpha value is -2.50. The standard InChI is InChI=1S/C21H20ClNO3S/c1-16-3-13-21(14-4-16)27(24,25)23(19-9-7-18(22)8-10-19)15-17-5-11-20(26-2)12-6-17/h3-14H,15H2,1-2H3. The number of nitrogens with zero attached hydrogens (tertiary/aromatic N) is 1. The molecule has 6 heteroatoms. The second kappa shape index (κ2) is 8.03. The minimum atomic E-state index is -3.74. The molecule has 27 heavy (non-hydrogen) atoms. The first-order chi connectivity index (χ1) is 12.9. The Kier molecular flexibility index (Phi) is 5.73. The highest BCUT2D eigenvalue weighted by atomic mass is 35.5. The van der Waals surface area contributed by atoms with Crippen LogP contribution < -0.4 is 9.04 Å². The number of hydrogen-bond acceptors (Lipinski definition) is 3. The largest absolute Gasteiger partial charge is 0.497 e. The van der Waals surface area contributed by atoms with Crippen molar-refractivity contribution in [2.75, 3.05) is 11.4 Å². The van der Waals surface area contributed by atoms with Crippen molar-refractivity contribution in [3.05, 3.63) is 88.9 Å². The van der Waals surface area contributed by atoms with Crippen LogP contribution in [0.4, 0.5) is 5.69 Å². The fourth-order valence-electron chi connectivity index (χ4n) is 2.66. The van der Waals surface area contributed by atoms with E-state index in [1.54, 1.807) is 55.6 Å². The lowest BCUT2D eigenvalue weighted by molar-refractivity contribution is 0.414. The van der Waals surface area contributed by atoms with Gasteiger partial charge < -0.3 is 4.74 Å². The van der Waals surface area contributed by atoms with Crippen LogP contribution in [0.25, 0.3) is 0 Å². The van der Waals surface area contributed by atoms with Crippen molar-refractivity contribution >= 4 is 27.3 Å². The molecular formula is C21H20ClNO3S. The predicted molar refractivity (Wildman–Crippen MR) is 109 cm³/mol. The maximum Gasteiger partial charge on any atom is 0.264 e. The molecule has 0 N–H and O–H groups in total. The van der Waals surface area contributed by atoms with Crippen LogP contribution in [-0.2, 0) is 16.6 Å². The molecule has 0 aromatic heterocycles. The molecule has 0 unspecified atom stereocenters. The van der Waals surface area contributed by atoms with Crippen LogP contribution in [-0.4, -0.2) is 15.5 Å². The molecule has 4 nitrogen and oxygen atoms in total. The molecule has 0 bridgehead atoms. The first-order valence-electron chi connectivity index (χ1n) is 8.38. The van der Waals surface area contributed by atoms with Crippen molar-refractivity contribution in [2.45, 2.75) is 18.4 Å². The Morgan fingerprint density at radius 2 is 1.48 bits per heavy atom. The summed E-state index contributed by atoms with van der Waals surface area (Å²) in [5.74, 6) is 0.721. The molecule has 0 spiro atoms. The molecule has 0 heterocycles. The lowest BCUT2D eigenvalue weighted by atomic mass is 10.2. The molecule has 0 amide bonds. The van der Waals surface area contributed by atoms with Gasteiger partial charge in [-0.2, -0.15) is 0 Å². The van der Waals surface area contributed by atoms with Gasteiger partial charge in [0.25, 0.3) is 10.0 Å². The van der Waals surface area contributed by atoms with E-state index >= 15 is 0 Å². The molecule has 3 rings (SSSR count). The van der Waals surface area contributed by atoms with E-state index in [4.69, 9.17) is 16.3 Å². The number of sulfonamides is 1. The third kappa shape index (κ3) is 4.43. The Morgan fingerprint density at radius 3 is 2.04 bits per heavy atom. The van der Waals surface area contributed by atoms with Crippen LogP contribution >= 0.6 is 11.6 Å². The average Bonchev–Trinajstić information content (AvgIpc) is 2.68. The summed E-state index contributed by atoms with van der Waals surface area (Å²) in [5, 5.41) is 0.552. The smallest absolute Gasteiger partial charge is 0.264 e. The van der Waals surface area contributed by atoms with E-state index in [0.717, 1.165) is 16.9 Å². The number of ether oxygens (including phenoxy) is 1. The minimum Gasteiger partial charge on any atom is -0.497 e. The Morgan fingerprint density at radius 1 is 0.889 bits per heavy atom. The van der Waals surface area contributed by atoms with E-state index < -0.39 is 10.0 Å². The van der Waals surface area contributed by atoms with Crippen LogP contribution in [0.2, 0.25) is 5.02 Å². The number of rotatable bonds is 6. The third-order valence-electron chi connectivity index (χ3n) is 4.21. The summed E-state index contributed by atoms with van der Waals surface area (Å²) in [5.41, 5.74) is 2.40. The number of halogens is 1. The van der Waals surface area contributed by atoms with Gasteiger partial charge in [0.15, 0.2) is 0 Å². The van der Waals surface area contributed by atoms with Crippen molar-refractivity contribution < 1.29 is 13.2 Å². The van der Waals surface area contributed by atoms with Gasteiger partial charge in [-0.1, -0.05) is 41.4 Å². The maximum absolute atomic E-state index is 13.3.